The van der Waals surface area contributed by atoms with Crippen molar-refractivity contribution in [3.05, 3.63) is 24.3 Å². The second kappa shape index (κ2) is 5.84. The monoisotopic (exact) mass is 338 g/mol. The molecule has 128 valence electrons. The standard InChI is InChI=1S/C17H26N2O3S/c1-16(2,3)12-19-10-8-17(9-11-19)13-22-14-6-4-5-7-15(14)23(20,21)18-17/h4-7H,8-13H2,1-3H3,(H-,18,20,21). The van der Waals surface area contributed by atoms with Crippen LogP contribution < -0.4 is 9.46 Å². The lowest BCUT2D eigenvalue weighted by atomic mass is 9.87. The molecule has 0 aromatic heterocycles. The maximum absolute atomic E-state index is 12.7. The summed E-state index contributed by atoms with van der Waals surface area (Å²) in [5.41, 5.74) is -0.244. The van der Waals surface area contributed by atoms with Gasteiger partial charge in [0.05, 0.1) is 5.54 Å². The third-order valence-corrected chi connectivity index (χ3v) is 6.12. The largest absolute Gasteiger partial charge is 0.593 e. The summed E-state index contributed by atoms with van der Waals surface area (Å²) in [6.45, 7) is 9.88. The van der Waals surface area contributed by atoms with E-state index in [4.69, 9.17) is 4.74 Å². The molecule has 0 radical (unpaired) electrons. The van der Waals surface area contributed by atoms with E-state index in [1.807, 2.05) is 0 Å². The zero-order chi connectivity index (χ0) is 16.7. The Morgan fingerprint density at radius 3 is 2.61 bits per heavy atom. The van der Waals surface area contributed by atoms with Crippen LogP contribution >= 0.6 is 0 Å². The van der Waals surface area contributed by atoms with E-state index in [0.717, 1.165) is 32.5 Å². The van der Waals surface area contributed by atoms with Crippen LogP contribution in [0.5, 0.6) is 5.75 Å². The number of nitrogens with zero attached hydrogens (tertiary/aromatic N) is 1. The fourth-order valence-corrected chi connectivity index (χ4v) is 5.03. The van der Waals surface area contributed by atoms with Crippen molar-refractivity contribution in [1.29, 1.82) is 0 Å². The number of hydrogen-bond acceptors (Lipinski definition) is 4. The molecular formula is C17H26N2O3S. The van der Waals surface area contributed by atoms with Crippen molar-refractivity contribution in [2.45, 2.75) is 44.0 Å². The summed E-state index contributed by atoms with van der Waals surface area (Å²) < 4.78 is 34.1. The van der Waals surface area contributed by atoms with Crippen molar-refractivity contribution in [2.75, 3.05) is 26.2 Å². The minimum atomic E-state index is -3.53. The molecule has 3 rings (SSSR count). The van der Waals surface area contributed by atoms with Gasteiger partial charge in [-0.1, -0.05) is 37.1 Å². The molecular weight excluding hydrogens is 312 g/mol. The first kappa shape index (κ1) is 16.9. The number of fused-ring (bicyclic) bond motifs is 1. The van der Waals surface area contributed by atoms with E-state index in [9.17, 15) is 8.76 Å². The topological polar surface area (TPSA) is 64.6 Å². The summed E-state index contributed by atoms with van der Waals surface area (Å²) in [4.78, 5) is 2.66. The molecule has 5 nitrogen and oxygen atoms in total. The van der Waals surface area contributed by atoms with Crippen LogP contribution in [-0.4, -0.2) is 41.2 Å². The lowest BCUT2D eigenvalue weighted by molar-refractivity contribution is 0.0850. The Bertz CT molecular complexity index is 619. The van der Waals surface area contributed by atoms with Crippen molar-refractivity contribution in [2.24, 2.45) is 5.41 Å². The summed E-state index contributed by atoms with van der Waals surface area (Å²) in [6.07, 6.45) is 1.55. The highest BCUT2D eigenvalue weighted by atomic mass is 32.3. The predicted octanol–water partition coefficient (Wildman–Crippen LogP) is 2.45. The van der Waals surface area contributed by atoms with Gasteiger partial charge < -0.3 is 14.2 Å². The molecule has 1 spiro atoms. The van der Waals surface area contributed by atoms with Crippen LogP contribution in [0.1, 0.15) is 33.6 Å². The highest BCUT2D eigenvalue weighted by molar-refractivity contribution is 7.96. The Balaban J connectivity index is 1.75. The molecule has 1 aromatic rings. The molecule has 0 saturated carbocycles. The SMILES string of the molecule is CC(C)(C)CN1CCC2(CC1)COc1ccccc1[S+](=O)([O-])N2. The minimum absolute atomic E-state index is 0.244. The molecule has 1 fully saturated rings. The normalized spacial score (nSPS) is 28.0. The highest BCUT2D eigenvalue weighted by Gasteiger charge is 2.45. The Labute approximate surface area is 139 Å². The summed E-state index contributed by atoms with van der Waals surface area (Å²) >= 11 is 0. The predicted molar refractivity (Wildman–Crippen MR) is 90.0 cm³/mol. The van der Waals surface area contributed by atoms with Crippen LogP contribution in [0.3, 0.4) is 0 Å². The lowest BCUT2D eigenvalue weighted by Crippen LogP contribution is -2.59. The first-order valence-electron chi connectivity index (χ1n) is 8.17. The van der Waals surface area contributed by atoms with E-state index in [0.29, 0.717) is 12.4 Å². The number of benzene rings is 1. The van der Waals surface area contributed by atoms with Gasteiger partial charge in [-0.05, 0) is 30.4 Å². The molecule has 23 heavy (non-hydrogen) atoms. The summed E-state index contributed by atoms with van der Waals surface area (Å²) in [5.74, 6) is 0.453. The fourth-order valence-electron chi connectivity index (χ4n) is 3.43. The maximum Gasteiger partial charge on any atom is 0.216 e. The average molecular weight is 338 g/mol. The second-order valence-electron chi connectivity index (χ2n) is 7.96. The van der Waals surface area contributed by atoms with Gasteiger partial charge in [-0.3, -0.25) is 0 Å². The Kier molecular flexibility index (Phi) is 4.29. The quantitative estimate of drug-likeness (QED) is 0.799. The molecule has 0 amide bonds. The van der Waals surface area contributed by atoms with Crippen molar-refractivity contribution in [3.8, 4) is 5.75 Å². The van der Waals surface area contributed by atoms with Gasteiger partial charge in [0, 0.05) is 19.6 Å². The molecule has 1 unspecified atom stereocenters. The maximum atomic E-state index is 12.7. The third kappa shape index (κ3) is 3.76. The van der Waals surface area contributed by atoms with Crippen molar-refractivity contribution < 1.29 is 13.5 Å². The van der Waals surface area contributed by atoms with Crippen molar-refractivity contribution in [1.82, 2.24) is 9.62 Å². The molecule has 1 N–H and O–H groups in total. The number of para-hydroxylation sites is 1. The van der Waals surface area contributed by atoms with Gasteiger partial charge >= 0.3 is 0 Å². The van der Waals surface area contributed by atoms with E-state index in [1.54, 1.807) is 24.3 Å². The number of sulfonamides is 1. The van der Waals surface area contributed by atoms with E-state index in [2.05, 4.69) is 30.4 Å². The van der Waals surface area contributed by atoms with Gasteiger partial charge in [-0.2, -0.15) is 0 Å². The zero-order valence-corrected chi connectivity index (χ0v) is 14.9. The van der Waals surface area contributed by atoms with Crippen LogP contribution in [-0.2, 0) is 14.6 Å². The van der Waals surface area contributed by atoms with Crippen LogP contribution in [0, 0.1) is 5.41 Å². The smallest absolute Gasteiger partial charge is 0.216 e. The second-order valence-corrected chi connectivity index (χ2v) is 9.61. The lowest BCUT2D eigenvalue weighted by Gasteiger charge is -2.42. The molecule has 2 aliphatic rings. The number of nitrogens with one attached hydrogen (secondary N) is 1. The number of hydrogen-bond donors (Lipinski definition) is 1. The molecule has 6 heteroatoms. The highest BCUT2D eigenvalue weighted by Crippen LogP contribution is 2.35. The van der Waals surface area contributed by atoms with Crippen LogP contribution in [0.4, 0.5) is 0 Å². The molecule has 2 heterocycles. The van der Waals surface area contributed by atoms with E-state index < -0.39 is 15.9 Å². The number of piperidine rings is 1. The number of likely N-dealkylation sites (tertiary alicyclic amines) is 1. The molecule has 2 aliphatic heterocycles. The third-order valence-electron chi connectivity index (χ3n) is 4.50. The average Bonchev–Trinajstić information content (AvgIpc) is 2.56. The Morgan fingerprint density at radius 1 is 1.30 bits per heavy atom. The van der Waals surface area contributed by atoms with Crippen molar-refractivity contribution >= 4 is 10.4 Å². The van der Waals surface area contributed by atoms with Gasteiger partial charge in [0.15, 0.2) is 16.1 Å². The van der Waals surface area contributed by atoms with E-state index >= 15 is 0 Å². The van der Waals surface area contributed by atoms with Crippen LogP contribution in [0.25, 0.3) is 0 Å². The molecule has 0 bridgehead atoms. The molecule has 1 atom stereocenters. The van der Waals surface area contributed by atoms with Gasteiger partial charge in [0.2, 0.25) is 4.90 Å². The number of ether oxygens (including phenoxy) is 1. The zero-order valence-electron chi connectivity index (χ0n) is 14.1. The summed E-state index contributed by atoms with van der Waals surface area (Å²) in [6, 6.07) is 6.86. The fraction of sp³-hybridized carbons (Fsp3) is 0.647. The van der Waals surface area contributed by atoms with Crippen LogP contribution in [0.15, 0.2) is 29.2 Å². The van der Waals surface area contributed by atoms with Gasteiger partial charge in [-0.25, -0.2) is 0 Å². The molecule has 1 saturated heterocycles. The summed E-state index contributed by atoms with van der Waals surface area (Å²) in [5, 5.41) is 0. The van der Waals surface area contributed by atoms with Gasteiger partial charge in [0.1, 0.15) is 6.61 Å². The van der Waals surface area contributed by atoms with Crippen LogP contribution in [0.2, 0.25) is 0 Å². The van der Waals surface area contributed by atoms with Crippen molar-refractivity contribution in [3.63, 3.8) is 0 Å². The molecule has 1 aromatic carbocycles. The summed E-state index contributed by atoms with van der Waals surface area (Å²) in [7, 11) is -3.53. The molecule has 0 aliphatic carbocycles. The minimum Gasteiger partial charge on any atom is -0.593 e. The van der Waals surface area contributed by atoms with E-state index in [1.165, 1.54) is 0 Å². The Hall–Kier alpha value is -0.950. The first-order valence-corrected chi connectivity index (χ1v) is 9.66. The van der Waals surface area contributed by atoms with Gasteiger partial charge in [0.25, 0.3) is 0 Å². The van der Waals surface area contributed by atoms with E-state index in [-0.39, 0.29) is 10.3 Å². The Morgan fingerprint density at radius 2 is 1.96 bits per heavy atom. The number of rotatable bonds is 1. The first-order chi connectivity index (χ1) is 10.7. The van der Waals surface area contributed by atoms with Gasteiger partial charge in [-0.15, -0.1) is 4.72 Å².